The number of ether oxygens (including phenoxy) is 1. The summed E-state index contributed by atoms with van der Waals surface area (Å²) in [6, 6.07) is 26.1. The van der Waals surface area contributed by atoms with E-state index in [1.807, 2.05) is 54.6 Å². The first kappa shape index (κ1) is 23.1. The van der Waals surface area contributed by atoms with Crippen LogP contribution in [0.15, 0.2) is 94.4 Å². The number of anilines is 1. The van der Waals surface area contributed by atoms with Crippen molar-refractivity contribution in [3.05, 3.63) is 96.1 Å². The Balaban J connectivity index is 1.39. The fourth-order valence-corrected chi connectivity index (χ4v) is 4.24. The van der Waals surface area contributed by atoms with Crippen molar-refractivity contribution in [2.45, 2.75) is 0 Å². The zero-order valence-corrected chi connectivity index (χ0v) is 20.0. The summed E-state index contributed by atoms with van der Waals surface area (Å²) < 4.78 is 12.0. The van der Waals surface area contributed by atoms with E-state index in [-0.39, 0.29) is 10.7 Å². The Kier molecular flexibility index (Phi) is 6.34. The molecule has 0 bridgehead atoms. The molecular formula is C28H21N3O4S. The number of aromatic carboxylic acids is 1. The molecule has 5 rings (SSSR count). The maximum atomic E-state index is 11.0. The standard InChI is InChI=1S/C28H21N3O4S/c1-34-25-18(16-29-31-28(36)30-19-14-12-17(13-15-19)27(32)33)6-4-8-22(25)23-10-5-9-21-20-7-2-3-11-24(20)35-26(21)23/h2-16H,1H3,(H,32,33)(H2,30,31,36)/b29-16+. The van der Waals surface area contributed by atoms with Crippen LogP contribution in [0.2, 0.25) is 0 Å². The minimum absolute atomic E-state index is 0.197. The molecule has 1 aromatic heterocycles. The van der Waals surface area contributed by atoms with Gasteiger partial charge in [-0.25, -0.2) is 4.79 Å². The van der Waals surface area contributed by atoms with Crippen LogP contribution < -0.4 is 15.5 Å². The van der Waals surface area contributed by atoms with Crippen molar-refractivity contribution in [2.24, 2.45) is 5.10 Å². The second-order valence-corrected chi connectivity index (χ2v) is 8.32. The summed E-state index contributed by atoms with van der Waals surface area (Å²) in [4.78, 5) is 11.0. The number of hydrogen-bond donors (Lipinski definition) is 3. The molecule has 0 saturated carbocycles. The highest BCUT2D eigenvalue weighted by Crippen LogP contribution is 2.40. The quantitative estimate of drug-likeness (QED) is 0.145. The number of para-hydroxylation sites is 3. The minimum Gasteiger partial charge on any atom is -0.495 e. The lowest BCUT2D eigenvalue weighted by molar-refractivity contribution is 0.0697. The number of carbonyl (C=O) groups is 1. The van der Waals surface area contributed by atoms with Gasteiger partial charge in [0.2, 0.25) is 0 Å². The Morgan fingerprint density at radius 1 is 0.944 bits per heavy atom. The van der Waals surface area contributed by atoms with Gasteiger partial charge in [-0.05, 0) is 48.6 Å². The van der Waals surface area contributed by atoms with E-state index in [0.717, 1.165) is 38.6 Å². The smallest absolute Gasteiger partial charge is 0.335 e. The number of hydrogen-bond acceptors (Lipinski definition) is 5. The van der Waals surface area contributed by atoms with Gasteiger partial charge in [-0.1, -0.05) is 48.5 Å². The molecule has 0 aliphatic rings. The summed E-state index contributed by atoms with van der Waals surface area (Å²) in [5.41, 5.74) is 7.80. The van der Waals surface area contributed by atoms with E-state index in [1.54, 1.807) is 25.5 Å². The summed E-state index contributed by atoms with van der Waals surface area (Å²) in [6.07, 6.45) is 1.63. The van der Waals surface area contributed by atoms with Crippen LogP contribution >= 0.6 is 12.2 Å². The molecule has 0 aliphatic carbocycles. The molecule has 0 amide bonds. The molecule has 0 unspecified atom stereocenters. The first-order chi connectivity index (χ1) is 17.5. The number of fused-ring (bicyclic) bond motifs is 3. The molecule has 1 heterocycles. The van der Waals surface area contributed by atoms with Gasteiger partial charge >= 0.3 is 5.97 Å². The number of hydrazone groups is 1. The second kappa shape index (κ2) is 9.89. The average Bonchev–Trinajstić information content (AvgIpc) is 3.28. The second-order valence-electron chi connectivity index (χ2n) is 7.92. The maximum absolute atomic E-state index is 11.0. The number of furan rings is 1. The molecule has 7 nitrogen and oxygen atoms in total. The number of benzene rings is 4. The Bertz CT molecular complexity index is 1620. The lowest BCUT2D eigenvalue weighted by Crippen LogP contribution is -2.23. The zero-order chi connectivity index (χ0) is 25.1. The average molecular weight is 496 g/mol. The molecule has 178 valence electrons. The fraction of sp³-hybridized carbons (Fsp3) is 0.0357. The molecule has 0 atom stereocenters. The highest BCUT2D eigenvalue weighted by Gasteiger charge is 2.16. The van der Waals surface area contributed by atoms with Crippen LogP contribution in [0.25, 0.3) is 33.1 Å². The predicted octanol–water partition coefficient (Wildman–Crippen LogP) is 6.28. The first-order valence-electron chi connectivity index (χ1n) is 11.1. The predicted molar refractivity (Wildman–Crippen MR) is 146 cm³/mol. The van der Waals surface area contributed by atoms with Crippen molar-refractivity contribution in [1.82, 2.24) is 5.43 Å². The van der Waals surface area contributed by atoms with E-state index < -0.39 is 5.97 Å². The van der Waals surface area contributed by atoms with Crippen LogP contribution in [0.3, 0.4) is 0 Å². The molecule has 0 saturated heterocycles. The number of rotatable bonds is 6. The minimum atomic E-state index is -0.986. The van der Waals surface area contributed by atoms with Gasteiger partial charge in [-0.15, -0.1) is 0 Å². The Morgan fingerprint density at radius 2 is 1.67 bits per heavy atom. The molecule has 0 aliphatic heterocycles. The van der Waals surface area contributed by atoms with Crippen LogP contribution in [0.5, 0.6) is 5.75 Å². The molecular weight excluding hydrogens is 474 g/mol. The summed E-state index contributed by atoms with van der Waals surface area (Å²) in [6.45, 7) is 0. The first-order valence-corrected chi connectivity index (χ1v) is 11.5. The molecule has 36 heavy (non-hydrogen) atoms. The Morgan fingerprint density at radius 3 is 2.44 bits per heavy atom. The van der Waals surface area contributed by atoms with Crippen molar-refractivity contribution in [1.29, 1.82) is 0 Å². The van der Waals surface area contributed by atoms with Crippen LogP contribution in [0, 0.1) is 0 Å². The van der Waals surface area contributed by atoms with Gasteiger partial charge in [0, 0.05) is 33.2 Å². The van der Waals surface area contributed by atoms with Crippen molar-refractivity contribution in [2.75, 3.05) is 12.4 Å². The third-order valence-electron chi connectivity index (χ3n) is 5.70. The van der Waals surface area contributed by atoms with Gasteiger partial charge in [0.1, 0.15) is 16.9 Å². The summed E-state index contributed by atoms with van der Waals surface area (Å²) >= 11 is 5.29. The molecule has 5 aromatic rings. The molecule has 3 N–H and O–H groups in total. The zero-order valence-electron chi connectivity index (χ0n) is 19.2. The highest BCUT2D eigenvalue weighted by atomic mass is 32.1. The third kappa shape index (κ3) is 4.49. The maximum Gasteiger partial charge on any atom is 0.335 e. The lowest BCUT2D eigenvalue weighted by atomic mass is 9.99. The Hall–Kier alpha value is -4.69. The summed E-state index contributed by atoms with van der Waals surface area (Å²) in [5, 5.41) is 18.6. The van der Waals surface area contributed by atoms with Gasteiger partial charge in [-0.3, -0.25) is 5.43 Å². The SMILES string of the molecule is COc1c(/C=N/NC(=S)Nc2ccc(C(=O)O)cc2)cccc1-c1cccc2c1oc1ccccc12. The van der Waals surface area contributed by atoms with Gasteiger partial charge in [-0.2, -0.15) is 5.10 Å². The third-order valence-corrected chi connectivity index (χ3v) is 5.90. The number of carboxylic acids is 1. The van der Waals surface area contributed by atoms with E-state index in [1.165, 1.54) is 12.1 Å². The van der Waals surface area contributed by atoms with Crippen LogP contribution in [-0.2, 0) is 0 Å². The molecule has 0 spiro atoms. The number of methoxy groups -OCH3 is 1. The van der Waals surface area contributed by atoms with Crippen LogP contribution in [-0.4, -0.2) is 29.5 Å². The number of carboxylic acid groups (broad SMARTS) is 1. The molecule has 4 aromatic carbocycles. The highest BCUT2D eigenvalue weighted by molar-refractivity contribution is 7.80. The van der Waals surface area contributed by atoms with Gasteiger partial charge in [0.25, 0.3) is 0 Å². The van der Waals surface area contributed by atoms with Crippen molar-refractivity contribution in [3.8, 4) is 16.9 Å². The van der Waals surface area contributed by atoms with Gasteiger partial charge in [0.05, 0.1) is 18.9 Å². The van der Waals surface area contributed by atoms with Crippen molar-refractivity contribution in [3.63, 3.8) is 0 Å². The summed E-state index contributed by atoms with van der Waals surface area (Å²) in [7, 11) is 1.62. The van der Waals surface area contributed by atoms with E-state index in [2.05, 4.69) is 21.9 Å². The number of thiocarbonyl (C=S) groups is 1. The van der Waals surface area contributed by atoms with E-state index in [0.29, 0.717) is 11.4 Å². The topological polar surface area (TPSA) is 96.1 Å². The Labute approximate surface area is 212 Å². The van der Waals surface area contributed by atoms with Crippen LogP contribution in [0.4, 0.5) is 5.69 Å². The van der Waals surface area contributed by atoms with Crippen LogP contribution in [0.1, 0.15) is 15.9 Å². The van der Waals surface area contributed by atoms with E-state index in [9.17, 15) is 4.79 Å². The normalized spacial score (nSPS) is 11.1. The summed E-state index contributed by atoms with van der Waals surface area (Å²) in [5.74, 6) is -0.335. The number of nitrogens with one attached hydrogen (secondary N) is 2. The monoisotopic (exact) mass is 495 g/mol. The van der Waals surface area contributed by atoms with Crippen molar-refractivity contribution >= 4 is 57.1 Å². The van der Waals surface area contributed by atoms with Crippen molar-refractivity contribution < 1.29 is 19.1 Å². The van der Waals surface area contributed by atoms with Gasteiger partial charge in [0.15, 0.2) is 5.11 Å². The molecule has 0 radical (unpaired) electrons. The molecule has 0 fully saturated rings. The lowest BCUT2D eigenvalue weighted by Gasteiger charge is -2.12. The van der Waals surface area contributed by atoms with Gasteiger partial charge < -0.3 is 19.6 Å². The number of nitrogens with zero attached hydrogens (tertiary/aromatic N) is 1. The largest absolute Gasteiger partial charge is 0.495 e. The van der Waals surface area contributed by atoms with E-state index >= 15 is 0 Å². The fourth-order valence-electron chi connectivity index (χ4n) is 4.07. The van der Waals surface area contributed by atoms with E-state index in [4.69, 9.17) is 26.5 Å². The molecule has 8 heteroatoms.